The average Bonchev–Trinajstić information content (AvgIpc) is 2.17. The lowest BCUT2D eigenvalue weighted by atomic mass is 10.3. The Labute approximate surface area is 103 Å². The van der Waals surface area contributed by atoms with Crippen molar-refractivity contribution >= 4 is 37.4 Å². The minimum absolute atomic E-state index is 0.0329. The molecule has 1 heterocycles. The molecule has 1 atom stereocenters. The van der Waals surface area contributed by atoms with Crippen LogP contribution in [0.1, 0.15) is 6.92 Å². The molecule has 3 nitrogen and oxygen atoms in total. The third kappa shape index (κ3) is 3.74. The minimum atomic E-state index is -3.30. The molecule has 0 saturated carbocycles. The molecule has 0 aromatic carbocycles. The lowest BCUT2D eigenvalue weighted by molar-refractivity contribution is 0.579. The van der Waals surface area contributed by atoms with Crippen molar-refractivity contribution in [3.8, 4) is 0 Å². The van der Waals surface area contributed by atoms with Gasteiger partial charge < -0.3 is 0 Å². The van der Waals surface area contributed by atoms with Crippen molar-refractivity contribution < 1.29 is 8.42 Å². The first-order valence-corrected chi connectivity index (χ1v) is 7.34. The van der Waals surface area contributed by atoms with Crippen LogP contribution < -0.4 is 0 Å². The van der Waals surface area contributed by atoms with Crippen LogP contribution in [0.4, 0.5) is 0 Å². The van der Waals surface area contributed by atoms with E-state index in [0.717, 1.165) is 4.47 Å². The third-order valence-electron chi connectivity index (χ3n) is 1.79. The van der Waals surface area contributed by atoms with Crippen molar-refractivity contribution in [2.45, 2.75) is 11.9 Å². The standard InChI is InChI=1S/C9H11BrClNO2S/c1-7(4-11)6-15(13,14)9-3-2-8(10)5-12-9/h2-3,5,7H,4,6H2,1H3. The minimum Gasteiger partial charge on any atom is -0.244 e. The van der Waals surface area contributed by atoms with Crippen molar-refractivity contribution in [3.05, 3.63) is 22.8 Å². The molecular weight excluding hydrogens is 302 g/mol. The molecular formula is C9H11BrClNO2S. The first kappa shape index (κ1) is 12.9. The summed E-state index contributed by atoms with van der Waals surface area (Å²) in [7, 11) is -3.30. The number of alkyl halides is 1. The van der Waals surface area contributed by atoms with Crippen LogP contribution in [0.3, 0.4) is 0 Å². The fourth-order valence-corrected chi connectivity index (χ4v) is 3.05. The molecule has 0 fully saturated rings. The summed E-state index contributed by atoms with van der Waals surface area (Å²) in [6.45, 7) is 1.80. The smallest absolute Gasteiger partial charge is 0.195 e. The molecule has 15 heavy (non-hydrogen) atoms. The third-order valence-corrected chi connectivity index (χ3v) is 4.67. The van der Waals surface area contributed by atoms with Crippen molar-refractivity contribution in [2.24, 2.45) is 5.92 Å². The molecule has 1 unspecified atom stereocenters. The molecule has 0 bridgehead atoms. The van der Waals surface area contributed by atoms with Gasteiger partial charge in [-0.1, -0.05) is 6.92 Å². The number of halogens is 2. The van der Waals surface area contributed by atoms with Crippen LogP contribution in [0.15, 0.2) is 27.8 Å². The predicted molar refractivity (Wildman–Crippen MR) is 63.9 cm³/mol. The van der Waals surface area contributed by atoms with Crippen molar-refractivity contribution in [1.29, 1.82) is 0 Å². The predicted octanol–water partition coefficient (Wildman–Crippen LogP) is 2.49. The molecule has 1 rings (SSSR count). The second kappa shape index (κ2) is 5.27. The van der Waals surface area contributed by atoms with Gasteiger partial charge in [0, 0.05) is 16.5 Å². The van der Waals surface area contributed by atoms with E-state index in [1.165, 1.54) is 12.3 Å². The van der Waals surface area contributed by atoms with Crippen molar-refractivity contribution in [2.75, 3.05) is 11.6 Å². The number of hydrogen-bond acceptors (Lipinski definition) is 3. The maximum atomic E-state index is 11.8. The maximum absolute atomic E-state index is 11.8. The summed E-state index contributed by atoms with van der Waals surface area (Å²) in [4.78, 5) is 3.86. The van der Waals surface area contributed by atoms with Gasteiger partial charge >= 0.3 is 0 Å². The molecule has 0 saturated heterocycles. The Morgan fingerprint density at radius 2 is 2.20 bits per heavy atom. The molecule has 0 amide bonds. The summed E-state index contributed by atoms with van der Waals surface area (Å²) >= 11 is 8.78. The molecule has 84 valence electrons. The highest BCUT2D eigenvalue weighted by Gasteiger charge is 2.19. The van der Waals surface area contributed by atoms with Crippen LogP contribution in [-0.2, 0) is 9.84 Å². The molecule has 0 spiro atoms. The van der Waals surface area contributed by atoms with Gasteiger partial charge in [-0.3, -0.25) is 0 Å². The van der Waals surface area contributed by atoms with Crippen LogP contribution in [0.5, 0.6) is 0 Å². The van der Waals surface area contributed by atoms with Gasteiger partial charge in [-0.15, -0.1) is 11.6 Å². The van der Waals surface area contributed by atoms with Crippen LogP contribution in [-0.4, -0.2) is 25.0 Å². The fourth-order valence-electron chi connectivity index (χ4n) is 1.05. The second-order valence-corrected chi connectivity index (χ2v) is 6.56. The van der Waals surface area contributed by atoms with E-state index in [1.54, 1.807) is 13.0 Å². The van der Waals surface area contributed by atoms with Gasteiger partial charge in [0.1, 0.15) is 0 Å². The Balaban J connectivity index is 2.91. The van der Waals surface area contributed by atoms with Crippen LogP contribution in [0, 0.1) is 5.92 Å². The van der Waals surface area contributed by atoms with E-state index in [9.17, 15) is 8.42 Å². The van der Waals surface area contributed by atoms with Crippen LogP contribution >= 0.6 is 27.5 Å². The number of nitrogens with zero attached hydrogens (tertiary/aromatic N) is 1. The van der Waals surface area contributed by atoms with E-state index in [1.807, 2.05) is 0 Å². The molecule has 0 N–H and O–H groups in total. The summed E-state index contributed by atoms with van der Waals surface area (Å²) in [6, 6.07) is 3.14. The van der Waals surface area contributed by atoms with Gasteiger partial charge in [-0.2, -0.15) is 0 Å². The number of pyridine rings is 1. The van der Waals surface area contributed by atoms with E-state index < -0.39 is 9.84 Å². The quantitative estimate of drug-likeness (QED) is 0.803. The van der Waals surface area contributed by atoms with Gasteiger partial charge in [0.2, 0.25) is 0 Å². The fraction of sp³-hybridized carbons (Fsp3) is 0.444. The molecule has 1 aromatic rings. The molecule has 0 aliphatic carbocycles. The largest absolute Gasteiger partial charge is 0.244 e. The Bertz CT molecular complexity index is 418. The SMILES string of the molecule is CC(CCl)CS(=O)(=O)c1ccc(Br)cn1. The first-order chi connectivity index (χ1) is 6.95. The zero-order chi connectivity index (χ0) is 11.5. The van der Waals surface area contributed by atoms with Crippen molar-refractivity contribution in [3.63, 3.8) is 0 Å². The summed E-state index contributed by atoms with van der Waals surface area (Å²) < 4.78 is 24.3. The summed E-state index contributed by atoms with van der Waals surface area (Å²) in [5, 5.41) is 0.0997. The number of hydrogen-bond donors (Lipinski definition) is 0. The Morgan fingerprint density at radius 3 is 2.67 bits per heavy atom. The Morgan fingerprint density at radius 1 is 1.53 bits per heavy atom. The van der Waals surface area contributed by atoms with E-state index in [2.05, 4.69) is 20.9 Å². The monoisotopic (exact) mass is 311 g/mol. The summed E-state index contributed by atoms with van der Waals surface area (Å²) in [6.07, 6.45) is 1.47. The number of aromatic nitrogens is 1. The maximum Gasteiger partial charge on any atom is 0.195 e. The van der Waals surface area contributed by atoms with Gasteiger partial charge in [0.05, 0.1) is 5.75 Å². The first-order valence-electron chi connectivity index (χ1n) is 4.36. The topological polar surface area (TPSA) is 47.0 Å². The highest BCUT2D eigenvalue weighted by Crippen LogP contribution is 2.15. The van der Waals surface area contributed by atoms with Crippen molar-refractivity contribution in [1.82, 2.24) is 4.98 Å². The zero-order valence-corrected chi connectivity index (χ0v) is 11.3. The Kier molecular flexibility index (Phi) is 4.55. The molecule has 0 radical (unpaired) electrons. The van der Waals surface area contributed by atoms with E-state index in [-0.39, 0.29) is 16.7 Å². The van der Waals surface area contributed by atoms with Gasteiger partial charge in [0.15, 0.2) is 14.9 Å². The lowest BCUT2D eigenvalue weighted by Gasteiger charge is -2.07. The van der Waals surface area contributed by atoms with Gasteiger partial charge in [-0.05, 0) is 34.0 Å². The zero-order valence-electron chi connectivity index (χ0n) is 8.15. The van der Waals surface area contributed by atoms with Crippen LogP contribution in [0.25, 0.3) is 0 Å². The normalized spacial score (nSPS) is 13.8. The number of sulfone groups is 1. The molecule has 1 aromatic heterocycles. The Hall–Kier alpha value is -0.130. The number of rotatable bonds is 4. The highest BCUT2D eigenvalue weighted by atomic mass is 79.9. The van der Waals surface area contributed by atoms with Gasteiger partial charge in [0.25, 0.3) is 0 Å². The van der Waals surface area contributed by atoms with E-state index in [0.29, 0.717) is 5.88 Å². The van der Waals surface area contributed by atoms with Gasteiger partial charge in [-0.25, -0.2) is 13.4 Å². The molecule has 0 aliphatic rings. The summed E-state index contributed by atoms with van der Waals surface area (Å²) in [5.74, 6) is 0.295. The van der Waals surface area contributed by atoms with E-state index >= 15 is 0 Å². The highest BCUT2D eigenvalue weighted by molar-refractivity contribution is 9.10. The van der Waals surface area contributed by atoms with Crippen LogP contribution in [0.2, 0.25) is 0 Å². The second-order valence-electron chi connectivity index (χ2n) is 3.36. The molecule has 0 aliphatic heterocycles. The average molecular weight is 313 g/mol. The van der Waals surface area contributed by atoms with E-state index in [4.69, 9.17) is 11.6 Å². The summed E-state index contributed by atoms with van der Waals surface area (Å²) in [5.41, 5.74) is 0. The lowest BCUT2D eigenvalue weighted by Crippen LogP contribution is -2.16. The molecule has 6 heteroatoms.